The molecule has 0 amide bonds. The fraction of sp³-hybridized carbons (Fsp3) is 0.417. The van der Waals surface area contributed by atoms with Gasteiger partial charge >= 0.3 is 5.97 Å². The molecule has 1 aromatic rings. The van der Waals surface area contributed by atoms with Crippen LogP contribution < -0.4 is 0 Å². The molecule has 0 saturated carbocycles. The predicted molar refractivity (Wildman–Crippen MR) is 64.0 cm³/mol. The van der Waals surface area contributed by atoms with E-state index in [9.17, 15) is 9.90 Å². The molecule has 0 spiro atoms. The zero-order chi connectivity index (χ0) is 11.4. The maximum atomic E-state index is 11.2. The highest BCUT2D eigenvalue weighted by molar-refractivity contribution is 9.10. The molecule has 0 aromatic heterocycles. The Hall–Kier alpha value is -0.830. The number of hydrogen-bond donors (Lipinski definition) is 1. The Kier molecular flexibility index (Phi) is 4.33. The minimum absolute atomic E-state index is 0.373. The molecule has 0 aliphatic heterocycles. The van der Waals surface area contributed by atoms with Crippen LogP contribution in [0.25, 0.3) is 0 Å². The third kappa shape index (κ3) is 3.34. The largest absolute Gasteiger partial charge is 0.481 e. The average Bonchev–Trinajstić information content (AvgIpc) is 2.15. The number of carbonyl (C=O) groups is 1. The molecule has 2 nitrogen and oxygen atoms in total. The molecule has 1 atom stereocenters. The number of hydrogen-bond acceptors (Lipinski definition) is 1. The van der Waals surface area contributed by atoms with Crippen molar-refractivity contribution >= 4 is 21.9 Å². The van der Waals surface area contributed by atoms with E-state index < -0.39 is 11.9 Å². The van der Waals surface area contributed by atoms with Crippen molar-refractivity contribution in [1.29, 1.82) is 0 Å². The van der Waals surface area contributed by atoms with Gasteiger partial charge in [-0.2, -0.15) is 0 Å². The Morgan fingerprint density at radius 2 is 2.00 bits per heavy atom. The van der Waals surface area contributed by atoms with Gasteiger partial charge in [0.15, 0.2) is 0 Å². The lowest BCUT2D eigenvalue weighted by Gasteiger charge is -2.16. The highest BCUT2D eigenvalue weighted by atomic mass is 79.9. The first-order chi connectivity index (χ1) is 7.02. The first kappa shape index (κ1) is 12.2. The summed E-state index contributed by atoms with van der Waals surface area (Å²) in [6.45, 7) is 4.07. The first-order valence-electron chi connectivity index (χ1n) is 4.99. The Morgan fingerprint density at radius 3 is 2.47 bits per heavy atom. The molecular weight excluding hydrogens is 256 g/mol. The second-order valence-corrected chi connectivity index (χ2v) is 4.90. The smallest absolute Gasteiger partial charge is 0.311 e. The topological polar surface area (TPSA) is 37.3 Å². The molecule has 3 heteroatoms. The van der Waals surface area contributed by atoms with Gasteiger partial charge < -0.3 is 5.11 Å². The van der Waals surface area contributed by atoms with E-state index in [4.69, 9.17) is 0 Å². The van der Waals surface area contributed by atoms with Crippen LogP contribution in [0, 0.1) is 5.92 Å². The fourth-order valence-corrected chi connectivity index (χ4v) is 2.15. The molecule has 1 aromatic carbocycles. The van der Waals surface area contributed by atoms with Gasteiger partial charge in [0.05, 0.1) is 5.92 Å². The molecule has 1 N–H and O–H groups in total. The van der Waals surface area contributed by atoms with Gasteiger partial charge in [-0.15, -0.1) is 0 Å². The number of halogens is 1. The number of aliphatic carboxylic acids is 1. The molecule has 0 radical (unpaired) electrons. The van der Waals surface area contributed by atoms with Crippen LogP contribution in [0.5, 0.6) is 0 Å². The summed E-state index contributed by atoms with van der Waals surface area (Å²) in [6.07, 6.45) is 0.665. The normalized spacial score (nSPS) is 12.8. The van der Waals surface area contributed by atoms with Crippen LogP contribution in [-0.4, -0.2) is 11.1 Å². The minimum Gasteiger partial charge on any atom is -0.481 e. The van der Waals surface area contributed by atoms with Gasteiger partial charge in [0, 0.05) is 4.47 Å². The summed E-state index contributed by atoms with van der Waals surface area (Å²) >= 11 is 3.39. The Morgan fingerprint density at radius 1 is 1.40 bits per heavy atom. The monoisotopic (exact) mass is 270 g/mol. The Bertz CT molecular complexity index is 347. The second kappa shape index (κ2) is 5.31. The number of benzene rings is 1. The zero-order valence-corrected chi connectivity index (χ0v) is 10.5. The molecule has 0 bridgehead atoms. The third-order valence-corrected chi connectivity index (χ3v) is 3.01. The van der Waals surface area contributed by atoms with Crippen molar-refractivity contribution in [3.63, 3.8) is 0 Å². The Balaban J connectivity index is 2.99. The predicted octanol–water partition coefficient (Wildman–Crippen LogP) is 3.66. The van der Waals surface area contributed by atoms with Crippen LogP contribution in [0.4, 0.5) is 0 Å². The number of carboxylic acids is 1. The summed E-state index contributed by atoms with van der Waals surface area (Å²) in [4.78, 5) is 11.2. The van der Waals surface area contributed by atoms with Crippen molar-refractivity contribution in [2.45, 2.75) is 26.2 Å². The molecule has 0 heterocycles. The number of rotatable bonds is 4. The molecule has 82 valence electrons. The summed E-state index contributed by atoms with van der Waals surface area (Å²) in [6, 6.07) is 7.51. The number of carboxylic acid groups (broad SMARTS) is 1. The van der Waals surface area contributed by atoms with Crippen molar-refractivity contribution in [2.75, 3.05) is 0 Å². The summed E-state index contributed by atoms with van der Waals surface area (Å²) < 4.78 is 0.873. The maximum Gasteiger partial charge on any atom is 0.311 e. The molecule has 0 fully saturated rings. The van der Waals surface area contributed by atoms with Crippen LogP contribution >= 0.6 is 15.9 Å². The SMILES string of the molecule is CC(C)CC(C(=O)O)c1ccccc1Br. The minimum atomic E-state index is -0.754. The summed E-state index contributed by atoms with van der Waals surface area (Å²) in [5, 5.41) is 9.18. The van der Waals surface area contributed by atoms with E-state index in [1.54, 1.807) is 0 Å². The third-order valence-electron chi connectivity index (χ3n) is 2.29. The molecule has 1 unspecified atom stereocenters. The van der Waals surface area contributed by atoms with Crippen LogP contribution in [0.15, 0.2) is 28.7 Å². The molecule has 1 rings (SSSR count). The van der Waals surface area contributed by atoms with E-state index in [0.717, 1.165) is 10.0 Å². The van der Waals surface area contributed by atoms with E-state index in [2.05, 4.69) is 15.9 Å². The van der Waals surface area contributed by atoms with Gasteiger partial charge in [-0.05, 0) is 24.0 Å². The Labute approximate surface area is 98.4 Å². The quantitative estimate of drug-likeness (QED) is 0.907. The highest BCUT2D eigenvalue weighted by Gasteiger charge is 2.22. The summed E-state index contributed by atoms with van der Waals surface area (Å²) in [5.74, 6) is -0.797. The lowest BCUT2D eigenvalue weighted by molar-refractivity contribution is -0.139. The lowest BCUT2D eigenvalue weighted by atomic mass is 9.90. The van der Waals surface area contributed by atoms with Gasteiger partial charge in [0.2, 0.25) is 0 Å². The lowest BCUT2D eigenvalue weighted by Crippen LogP contribution is -2.14. The van der Waals surface area contributed by atoms with Crippen LogP contribution in [0.2, 0.25) is 0 Å². The fourth-order valence-electron chi connectivity index (χ4n) is 1.59. The molecule has 15 heavy (non-hydrogen) atoms. The van der Waals surface area contributed by atoms with Gasteiger partial charge in [-0.25, -0.2) is 0 Å². The van der Waals surface area contributed by atoms with Crippen molar-refractivity contribution < 1.29 is 9.90 Å². The van der Waals surface area contributed by atoms with Crippen molar-refractivity contribution in [1.82, 2.24) is 0 Å². The second-order valence-electron chi connectivity index (χ2n) is 4.04. The van der Waals surface area contributed by atoms with Crippen LogP contribution in [0.1, 0.15) is 31.7 Å². The van der Waals surface area contributed by atoms with Crippen molar-refractivity contribution in [2.24, 2.45) is 5.92 Å². The molecular formula is C12H15BrO2. The van der Waals surface area contributed by atoms with Crippen LogP contribution in [0.3, 0.4) is 0 Å². The van der Waals surface area contributed by atoms with Gasteiger partial charge in [0.1, 0.15) is 0 Å². The average molecular weight is 271 g/mol. The highest BCUT2D eigenvalue weighted by Crippen LogP contribution is 2.29. The van der Waals surface area contributed by atoms with E-state index in [1.807, 2.05) is 38.1 Å². The maximum absolute atomic E-state index is 11.2. The molecule has 0 saturated heterocycles. The van der Waals surface area contributed by atoms with Gasteiger partial charge in [-0.3, -0.25) is 4.79 Å². The van der Waals surface area contributed by atoms with Gasteiger partial charge in [-0.1, -0.05) is 48.0 Å². The standard InChI is InChI=1S/C12H15BrO2/c1-8(2)7-10(12(14)15)9-5-3-4-6-11(9)13/h3-6,8,10H,7H2,1-2H3,(H,14,15). The van der Waals surface area contributed by atoms with Crippen molar-refractivity contribution in [3.05, 3.63) is 34.3 Å². The van der Waals surface area contributed by atoms with E-state index in [-0.39, 0.29) is 0 Å². The van der Waals surface area contributed by atoms with Gasteiger partial charge in [0.25, 0.3) is 0 Å². The summed E-state index contributed by atoms with van der Waals surface area (Å²) in [5.41, 5.74) is 0.860. The van der Waals surface area contributed by atoms with E-state index in [1.165, 1.54) is 0 Å². The molecule has 0 aliphatic rings. The first-order valence-corrected chi connectivity index (χ1v) is 5.79. The van der Waals surface area contributed by atoms with Crippen LogP contribution in [-0.2, 0) is 4.79 Å². The van der Waals surface area contributed by atoms with E-state index >= 15 is 0 Å². The zero-order valence-electron chi connectivity index (χ0n) is 8.90. The summed E-state index contributed by atoms with van der Waals surface area (Å²) in [7, 11) is 0. The van der Waals surface area contributed by atoms with E-state index in [0.29, 0.717) is 12.3 Å². The molecule has 0 aliphatic carbocycles. The van der Waals surface area contributed by atoms with Crippen molar-refractivity contribution in [3.8, 4) is 0 Å².